The summed E-state index contributed by atoms with van der Waals surface area (Å²) in [6.45, 7) is 4.57. The molecule has 0 unspecified atom stereocenters. The van der Waals surface area contributed by atoms with Crippen LogP contribution in [0, 0.1) is 0 Å². The maximum absolute atomic E-state index is 13.9. The third kappa shape index (κ3) is 4.42. The number of fused-ring (bicyclic) bond motifs is 3. The number of piperidine rings is 1. The first-order valence-corrected chi connectivity index (χ1v) is 15.8. The predicted octanol–water partition coefficient (Wildman–Crippen LogP) is 3.83. The van der Waals surface area contributed by atoms with Crippen LogP contribution >= 0.6 is 0 Å². The summed E-state index contributed by atoms with van der Waals surface area (Å²) in [4.78, 5) is 18.4. The van der Waals surface area contributed by atoms with Gasteiger partial charge < -0.3 is 14.4 Å². The average Bonchev–Trinajstić information content (AvgIpc) is 3.61. The van der Waals surface area contributed by atoms with Crippen molar-refractivity contribution in [2.45, 2.75) is 54.9 Å². The molecule has 1 aromatic heterocycles. The lowest BCUT2D eigenvalue weighted by Gasteiger charge is -2.33. The van der Waals surface area contributed by atoms with Crippen LogP contribution in [0.25, 0.3) is 16.9 Å². The summed E-state index contributed by atoms with van der Waals surface area (Å²) >= 11 is 0. The van der Waals surface area contributed by atoms with Crippen LogP contribution in [0.3, 0.4) is 0 Å². The maximum atomic E-state index is 13.9. The van der Waals surface area contributed by atoms with E-state index in [0.717, 1.165) is 38.2 Å². The van der Waals surface area contributed by atoms with Gasteiger partial charge in [0.25, 0.3) is 5.91 Å². The number of aromatic nitrogens is 2. The molecule has 2 aromatic carbocycles. The molecule has 0 atom stereocenters. The minimum Gasteiger partial charge on any atom is -0.496 e. The fraction of sp³-hybridized carbons (Fsp3) is 0.467. The van der Waals surface area contributed by atoms with E-state index in [0.29, 0.717) is 42.3 Å². The van der Waals surface area contributed by atoms with Crippen molar-refractivity contribution in [1.82, 2.24) is 19.6 Å². The highest BCUT2D eigenvalue weighted by molar-refractivity contribution is 7.91. The number of morpholine rings is 1. The highest BCUT2D eigenvalue weighted by atomic mass is 32.2. The number of ether oxygens (including phenoxy) is 2. The van der Waals surface area contributed by atoms with Crippen molar-refractivity contribution in [2.24, 2.45) is 0 Å². The first-order valence-electron chi connectivity index (χ1n) is 14.1. The Hall–Kier alpha value is -3.21. The van der Waals surface area contributed by atoms with Crippen LogP contribution in [0.2, 0.25) is 0 Å². The van der Waals surface area contributed by atoms with Crippen molar-refractivity contribution in [3.63, 3.8) is 0 Å². The van der Waals surface area contributed by atoms with Gasteiger partial charge in [0.1, 0.15) is 5.75 Å². The van der Waals surface area contributed by atoms with E-state index >= 15 is 0 Å². The minimum atomic E-state index is -3.71. The molecule has 3 fully saturated rings. The Balaban J connectivity index is 1.33. The van der Waals surface area contributed by atoms with Crippen LogP contribution in [0.1, 0.15) is 53.7 Å². The smallest absolute Gasteiger partial charge is 0.274 e. The molecule has 210 valence electrons. The Labute approximate surface area is 234 Å². The molecular weight excluding hydrogens is 528 g/mol. The van der Waals surface area contributed by atoms with Gasteiger partial charge in [0, 0.05) is 18.7 Å². The largest absolute Gasteiger partial charge is 0.496 e. The second-order valence-corrected chi connectivity index (χ2v) is 13.4. The molecule has 9 nitrogen and oxygen atoms in total. The molecule has 4 heterocycles. The van der Waals surface area contributed by atoms with Gasteiger partial charge in [-0.25, -0.2) is 13.1 Å². The Bertz CT molecular complexity index is 1570. The van der Waals surface area contributed by atoms with E-state index in [1.54, 1.807) is 27.8 Å². The molecule has 3 aromatic rings. The van der Waals surface area contributed by atoms with Crippen molar-refractivity contribution < 1.29 is 22.7 Å². The van der Waals surface area contributed by atoms with Gasteiger partial charge in [-0.05, 0) is 68.6 Å². The van der Waals surface area contributed by atoms with Crippen molar-refractivity contribution in [3.05, 3.63) is 59.3 Å². The number of methoxy groups -OCH3 is 1. The molecule has 10 heteroatoms. The first kappa shape index (κ1) is 25.7. The summed E-state index contributed by atoms with van der Waals surface area (Å²) in [6.07, 6.45) is 5.65. The third-order valence-corrected chi connectivity index (χ3v) is 10.4. The van der Waals surface area contributed by atoms with E-state index in [9.17, 15) is 13.2 Å². The molecule has 1 aliphatic carbocycles. The second kappa shape index (κ2) is 9.71. The van der Waals surface area contributed by atoms with E-state index in [2.05, 4.69) is 17.0 Å². The lowest BCUT2D eigenvalue weighted by atomic mass is 10.0. The maximum Gasteiger partial charge on any atom is 0.274 e. The standard InChI is InChI=1S/C30H34N4O5S/c1-38-24-6-5-7-25-26(24)28-23(19-40(25,36)37)27(29(35)33-16-17-39-30(20-33)12-13-30)31-34(28)22-10-8-21(9-11-22)18-32-14-3-2-4-15-32/h5-11H,2-4,12-20H2,1H3. The molecule has 1 saturated carbocycles. The van der Waals surface area contributed by atoms with Crippen molar-refractivity contribution in [1.29, 1.82) is 0 Å². The van der Waals surface area contributed by atoms with Gasteiger partial charge in [-0.15, -0.1) is 0 Å². The van der Waals surface area contributed by atoms with Crippen LogP contribution in [-0.2, 0) is 26.9 Å². The number of sulfone groups is 1. The van der Waals surface area contributed by atoms with Crippen molar-refractivity contribution >= 4 is 15.7 Å². The average molecular weight is 563 g/mol. The second-order valence-electron chi connectivity index (χ2n) is 11.4. The number of carbonyl (C=O) groups excluding carboxylic acids is 1. The fourth-order valence-corrected chi connectivity index (χ4v) is 7.98. The van der Waals surface area contributed by atoms with Crippen molar-refractivity contribution in [3.8, 4) is 22.7 Å². The Kier molecular flexibility index (Phi) is 6.25. The number of hydrogen-bond donors (Lipinski definition) is 0. The molecular formula is C30H34N4O5S. The molecule has 0 N–H and O–H groups in total. The highest BCUT2D eigenvalue weighted by Gasteiger charge is 2.49. The number of nitrogens with zero attached hydrogens (tertiary/aromatic N) is 4. The molecule has 4 aliphatic rings. The summed E-state index contributed by atoms with van der Waals surface area (Å²) in [5.74, 6) is -0.0985. The lowest BCUT2D eigenvalue weighted by Crippen LogP contribution is -2.47. The summed E-state index contributed by atoms with van der Waals surface area (Å²) in [7, 11) is -2.18. The SMILES string of the molecule is COc1cccc2c1-c1c(c(C(=O)N3CCOC4(CC4)C3)nn1-c1ccc(CN3CCCCC3)cc1)CS2(=O)=O. The number of benzene rings is 2. The van der Waals surface area contributed by atoms with Crippen LogP contribution in [-0.4, -0.2) is 79.4 Å². The molecule has 3 aliphatic heterocycles. The number of likely N-dealkylation sites (tertiary alicyclic amines) is 1. The molecule has 1 amide bonds. The summed E-state index contributed by atoms with van der Waals surface area (Å²) in [5, 5.41) is 4.84. The van der Waals surface area contributed by atoms with Gasteiger partial charge in [-0.1, -0.05) is 24.6 Å². The zero-order chi connectivity index (χ0) is 27.5. The summed E-state index contributed by atoms with van der Waals surface area (Å²) in [5.41, 5.74) is 3.41. The normalized spacial score (nSPS) is 21.1. The topological polar surface area (TPSA) is 94.0 Å². The first-order chi connectivity index (χ1) is 19.4. The molecule has 0 bridgehead atoms. The number of carbonyl (C=O) groups is 1. The minimum absolute atomic E-state index is 0.185. The Morgan fingerprint density at radius 3 is 2.55 bits per heavy atom. The fourth-order valence-electron chi connectivity index (χ4n) is 6.37. The third-order valence-electron chi connectivity index (χ3n) is 8.68. The molecule has 7 rings (SSSR count). The monoisotopic (exact) mass is 562 g/mol. The van der Waals surface area contributed by atoms with Crippen LogP contribution in [0.5, 0.6) is 5.75 Å². The van der Waals surface area contributed by atoms with Gasteiger partial charge in [-0.2, -0.15) is 5.10 Å². The number of amides is 1. The van der Waals surface area contributed by atoms with E-state index in [4.69, 9.17) is 14.6 Å². The van der Waals surface area contributed by atoms with E-state index in [1.807, 2.05) is 12.1 Å². The van der Waals surface area contributed by atoms with Gasteiger partial charge >= 0.3 is 0 Å². The summed E-state index contributed by atoms with van der Waals surface area (Å²) in [6, 6.07) is 13.3. The quantitative estimate of drug-likeness (QED) is 0.467. The van der Waals surface area contributed by atoms with Crippen LogP contribution in [0.15, 0.2) is 47.4 Å². The van der Waals surface area contributed by atoms with Gasteiger partial charge in [-0.3, -0.25) is 9.69 Å². The van der Waals surface area contributed by atoms with Crippen molar-refractivity contribution in [2.75, 3.05) is 39.9 Å². The molecule has 2 saturated heterocycles. The zero-order valence-corrected chi connectivity index (χ0v) is 23.6. The number of hydrogen-bond acceptors (Lipinski definition) is 7. The Morgan fingerprint density at radius 2 is 1.82 bits per heavy atom. The lowest BCUT2D eigenvalue weighted by molar-refractivity contribution is -0.0377. The molecule has 40 heavy (non-hydrogen) atoms. The van der Waals surface area contributed by atoms with Crippen LogP contribution in [0.4, 0.5) is 0 Å². The van der Waals surface area contributed by atoms with Crippen LogP contribution < -0.4 is 4.74 Å². The Morgan fingerprint density at radius 1 is 1.05 bits per heavy atom. The molecule has 0 radical (unpaired) electrons. The highest BCUT2D eigenvalue weighted by Crippen LogP contribution is 2.46. The van der Waals surface area contributed by atoms with E-state index in [1.165, 1.54) is 31.9 Å². The van der Waals surface area contributed by atoms with Gasteiger partial charge in [0.15, 0.2) is 15.5 Å². The number of rotatable bonds is 5. The summed E-state index contributed by atoms with van der Waals surface area (Å²) < 4.78 is 40.3. The zero-order valence-electron chi connectivity index (χ0n) is 22.8. The van der Waals surface area contributed by atoms with E-state index < -0.39 is 9.84 Å². The predicted molar refractivity (Wildman–Crippen MR) is 149 cm³/mol. The van der Waals surface area contributed by atoms with Gasteiger partial charge in [0.05, 0.1) is 53.5 Å². The van der Waals surface area contributed by atoms with E-state index in [-0.39, 0.29) is 27.9 Å². The molecule has 1 spiro atoms. The van der Waals surface area contributed by atoms with Gasteiger partial charge in [0.2, 0.25) is 0 Å².